The van der Waals surface area contributed by atoms with Crippen molar-refractivity contribution in [1.82, 2.24) is 0 Å². The number of rotatable bonds is 7. The molecule has 0 N–H and O–H groups in total. The molecule has 110 valence electrons. The quantitative estimate of drug-likeness (QED) is 0.436. The minimum absolute atomic E-state index is 0.0651. The van der Waals surface area contributed by atoms with E-state index >= 15 is 0 Å². The number of carbonyl (C=O) groups excluding carboxylic acids is 1. The first kappa shape index (κ1) is 15.9. The Morgan fingerprint density at radius 2 is 2.10 bits per heavy atom. The fourth-order valence-corrected chi connectivity index (χ4v) is 1.70. The zero-order valence-electron chi connectivity index (χ0n) is 11.9. The second kappa shape index (κ2) is 7.47. The molecule has 0 saturated heterocycles. The van der Waals surface area contributed by atoms with Crippen LogP contribution in [0.5, 0.6) is 5.75 Å². The van der Waals surface area contributed by atoms with Gasteiger partial charge in [-0.05, 0) is 31.9 Å². The zero-order chi connectivity index (χ0) is 15.1. The molecule has 0 aromatic heterocycles. The van der Waals surface area contributed by atoms with E-state index in [9.17, 15) is 14.9 Å². The molecule has 1 rings (SSSR count). The third kappa shape index (κ3) is 4.22. The van der Waals surface area contributed by atoms with Crippen molar-refractivity contribution in [2.45, 2.75) is 39.7 Å². The molecule has 6 heteroatoms. The highest BCUT2D eigenvalue weighted by Crippen LogP contribution is 2.26. The number of hydrogen-bond acceptors (Lipinski definition) is 5. The molecule has 0 aliphatic heterocycles. The number of esters is 1. The van der Waals surface area contributed by atoms with E-state index in [2.05, 4.69) is 0 Å². The van der Waals surface area contributed by atoms with E-state index in [4.69, 9.17) is 9.47 Å². The van der Waals surface area contributed by atoms with Crippen molar-refractivity contribution in [3.05, 3.63) is 33.9 Å². The molecule has 0 amide bonds. The number of non-ortho nitro benzene ring substituents is 1. The van der Waals surface area contributed by atoms with E-state index in [-0.39, 0.29) is 12.3 Å². The predicted octanol–water partition coefficient (Wildman–Crippen LogP) is 3.01. The van der Waals surface area contributed by atoms with Crippen LogP contribution in [0.2, 0.25) is 0 Å². The normalized spacial score (nSPS) is 11.8. The smallest absolute Gasteiger partial charge is 0.347 e. The molecular formula is C14H19NO5. The number of nitro benzene ring substituents is 1. The second-order valence-electron chi connectivity index (χ2n) is 4.35. The van der Waals surface area contributed by atoms with Crippen LogP contribution in [0.1, 0.15) is 32.3 Å². The summed E-state index contributed by atoms with van der Waals surface area (Å²) in [6.45, 7) is 5.69. The molecule has 0 bridgehead atoms. The number of aryl methyl sites for hydroxylation is 1. The summed E-state index contributed by atoms with van der Waals surface area (Å²) in [6.07, 6.45) is 0.513. The second-order valence-corrected chi connectivity index (χ2v) is 4.35. The van der Waals surface area contributed by atoms with Gasteiger partial charge >= 0.3 is 5.97 Å². The first-order chi connectivity index (χ1) is 9.49. The van der Waals surface area contributed by atoms with Gasteiger partial charge < -0.3 is 9.47 Å². The van der Waals surface area contributed by atoms with Crippen LogP contribution in [0.3, 0.4) is 0 Å². The Kier molecular flexibility index (Phi) is 5.96. The summed E-state index contributed by atoms with van der Waals surface area (Å²) in [5.74, 6) is -0.106. The van der Waals surface area contributed by atoms with Gasteiger partial charge in [0.25, 0.3) is 5.69 Å². The van der Waals surface area contributed by atoms with Gasteiger partial charge in [-0.25, -0.2) is 4.79 Å². The van der Waals surface area contributed by atoms with Crippen molar-refractivity contribution < 1.29 is 19.2 Å². The van der Waals surface area contributed by atoms with Crippen molar-refractivity contribution in [2.24, 2.45) is 0 Å². The Hall–Kier alpha value is -2.11. The van der Waals surface area contributed by atoms with Gasteiger partial charge in [0.15, 0.2) is 6.10 Å². The summed E-state index contributed by atoms with van der Waals surface area (Å²) in [5, 5.41) is 10.8. The molecule has 1 aromatic rings. The summed E-state index contributed by atoms with van der Waals surface area (Å²) in [7, 11) is 0. The van der Waals surface area contributed by atoms with Gasteiger partial charge in [0.05, 0.1) is 17.6 Å². The van der Waals surface area contributed by atoms with Gasteiger partial charge in [-0.15, -0.1) is 0 Å². The predicted molar refractivity (Wildman–Crippen MR) is 73.8 cm³/mol. The summed E-state index contributed by atoms with van der Waals surface area (Å²) in [4.78, 5) is 22.1. The van der Waals surface area contributed by atoms with Gasteiger partial charge in [-0.3, -0.25) is 10.1 Å². The van der Waals surface area contributed by atoms with Crippen molar-refractivity contribution in [3.63, 3.8) is 0 Å². The van der Waals surface area contributed by atoms with E-state index in [1.54, 1.807) is 19.9 Å². The van der Waals surface area contributed by atoms with Crippen LogP contribution in [0.4, 0.5) is 5.69 Å². The molecule has 1 unspecified atom stereocenters. The van der Waals surface area contributed by atoms with E-state index in [0.29, 0.717) is 12.2 Å². The number of nitro groups is 1. The van der Waals surface area contributed by atoms with Crippen molar-refractivity contribution >= 4 is 11.7 Å². The van der Waals surface area contributed by atoms with Crippen LogP contribution in [-0.4, -0.2) is 23.6 Å². The lowest BCUT2D eigenvalue weighted by molar-refractivity contribution is -0.385. The lowest BCUT2D eigenvalue weighted by Gasteiger charge is -2.18. The van der Waals surface area contributed by atoms with E-state index in [1.165, 1.54) is 12.1 Å². The van der Waals surface area contributed by atoms with Gasteiger partial charge in [0.2, 0.25) is 0 Å². The molecule has 20 heavy (non-hydrogen) atoms. The maximum Gasteiger partial charge on any atom is 0.347 e. The van der Waals surface area contributed by atoms with E-state index in [0.717, 1.165) is 12.0 Å². The standard InChI is InChI=1S/C14H19NO5/c1-4-6-12(14(16)19-5-2)20-13-9-11(15(17)18)8-7-10(13)3/h7-9,12H,4-6H2,1-3H3. The molecule has 0 saturated carbocycles. The topological polar surface area (TPSA) is 78.7 Å². The Morgan fingerprint density at radius 1 is 1.40 bits per heavy atom. The molecule has 0 radical (unpaired) electrons. The number of benzene rings is 1. The van der Waals surface area contributed by atoms with E-state index in [1.807, 2.05) is 6.92 Å². The Balaban J connectivity index is 2.95. The summed E-state index contributed by atoms with van der Waals surface area (Å²) < 4.78 is 10.6. The SMILES string of the molecule is CCCC(Oc1cc([N+](=O)[O-])ccc1C)C(=O)OCC. The highest BCUT2D eigenvalue weighted by molar-refractivity contribution is 5.75. The highest BCUT2D eigenvalue weighted by Gasteiger charge is 2.22. The van der Waals surface area contributed by atoms with Gasteiger partial charge in [0, 0.05) is 6.07 Å². The van der Waals surface area contributed by atoms with Crippen LogP contribution < -0.4 is 4.74 Å². The average molecular weight is 281 g/mol. The summed E-state index contributed by atoms with van der Waals surface area (Å²) in [5.41, 5.74) is 0.672. The van der Waals surface area contributed by atoms with Gasteiger partial charge in [-0.2, -0.15) is 0 Å². The summed E-state index contributed by atoms with van der Waals surface area (Å²) >= 11 is 0. The third-order valence-electron chi connectivity index (χ3n) is 2.75. The van der Waals surface area contributed by atoms with Crippen LogP contribution in [0.15, 0.2) is 18.2 Å². The molecule has 0 aliphatic carbocycles. The Morgan fingerprint density at radius 3 is 2.65 bits per heavy atom. The fraction of sp³-hybridized carbons (Fsp3) is 0.500. The lowest BCUT2D eigenvalue weighted by atomic mass is 10.1. The molecule has 1 aromatic carbocycles. The zero-order valence-corrected chi connectivity index (χ0v) is 11.9. The maximum atomic E-state index is 11.8. The first-order valence-corrected chi connectivity index (χ1v) is 6.57. The highest BCUT2D eigenvalue weighted by atomic mass is 16.6. The molecule has 0 aliphatic rings. The number of ether oxygens (including phenoxy) is 2. The molecule has 0 spiro atoms. The molecule has 1 atom stereocenters. The van der Waals surface area contributed by atoms with Crippen molar-refractivity contribution in [3.8, 4) is 5.75 Å². The van der Waals surface area contributed by atoms with Crippen LogP contribution >= 0.6 is 0 Å². The fourth-order valence-electron chi connectivity index (χ4n) is 1.70. The Bertz CT molecular complexity index is 486. The monoisotopic (exact) mass is 281 g/mol. The van der Waals surface area contributed by atoms with Crippen molar-refractivity contribution in [1.29, 1.82) is 0 Å². The third-order valence-corrected chi connectivity index (χ3v) is 2.75. The van der Waals surface area contributed by atoms with Gasteiger partial charge in [0.1, 0.15) is 5.75 Å². The van der Waals surface area contributed by atoms with Crippen LogP contribution in [-0.2, 0) is 9.53 Å². The number of nitrogens with zero attached hydrogens (tertiary/aromatic N) is 1. The van der Waals surface area contributed by atoms with Crippen molar-refractivity contribution in [2.75, 3.05) is 6.61 Å². The minimum atomic E-state index is -0.736. The molecule has 0 fully saturated rings. The Labute approximate surface area is 117 Å². The number of hydrogen-bond donors (Lipinski definition) is 0. The maximum absolute atomic E-state index is 11.8. The van der Waals surface area contributed by atoms with E-state index < -0.39 is 17.0 Å². The molecule has 0 heterocycles. The number of carbonyl (C=O) groups is 1. The average Bonchev–Trinajstić information content (AvgIpc) is 2.40. The lowest BCUT2D eigenvalue weighted by Crippen LogP contribution is -2.29. The largest absolute Gasteiger partial charge is 0.478 e. The first-order valence-electron chi connectivity index (χ1n) is 6.57. The summed E-state index contributed by atoms with van der Waals surface area (Å²) in [6, 6.07) is 4.33. The molecule has 6 nitrogen and oxygen atoms in total. The van der Waals surface area contributed by atoms with Gasteiger partial charge in [-0.1, -0.05) is 13.3 Å². The van der Waals surface area contributed by atoms with Crippen LogP contribution in [0.25, 0.3) is 0 Å². The molecular weight excluding hydrogens is 262 g/mol. The minimum Gasteiger partial charge on any atom is -0.478 e. The van der Waals surface area contributed by atoms with Crippen LogP contribution in [0, 0.1) is 17.0 Å².